The Bertz CT molecular complexity index is 567. The molecule has 124 valence electrons. The highest BCUT2D eigenvalue weighted by Crippen LogP contribution is 2.15. The number of aryl methyl sites for hydroxylation is 1. The van der Waals surface area contributed by atoms with Crippen LogP contribution in [0, 0.1) is 0 Å². The molecule has 0 saturated carbocycles. The number of rotatable bonds is 9. The van der Waals surface area contributed by atoms with Crippen LogP contribution in [0.4, 0.5) is 10.5 Å². The maximum atomic E-state index is 11.8. The molecule has 0 saturated heterocycles. The van der Waals surface area contributed by atoms with Crippen molar-refractivity contribution < 1.29 is 9.53 Å². The van der Waals surface area contributed by atoms with E-state index in [1.807, 2.05) is 35.0 Å². The second-order valence-electron chi connectivity index (χ2n) is 5.26. The van der Waals surface area contributed by atoms with Gasteiger partial charge in [-0.25, -0.2) is 9.78 Å². The lowest BCUT2D eigenvalue weighted by Gasteiger charge is -2.09. The molecule has 6 nitrogen and oxygen atoms in total. The van der Waals surface area contributed by atoms with E-state index in [1.165, 1.54) is 0 Å². The normalized spacial score (nSPS) is 10.3. The van der Waals surface area contributed by atoms with E-state index in [9.17, 15) is 4.79 Å². The largest absolute Gasteiger partial charge is 0.494 e. The van der Waals surface area contributed by atoms with Crippen molar-refractivity contribution >= 4 is 11.7 Å². The van der Waals surface area contributed by atoms with Crippen molar-refractivity contribution in [2.75, 3.05) is 18.5 Å². The fourth-order valence-corrected chi connectivity index (χ4v) is 2.03. The van der Waals surface area contributed by atoms with Crippen molar-refractivity contribution in [1.82, 2.24) is 14.9 Å². The lowest BCUT2D eigenvalue weighted by molar-refractivity contribution is 0.252. The number of carbonyl (C=O) groups is 1. The number of benzene rings is 1. The molecule has 0 bridgehead atoms. The molecule has 0 unspecified atom stereocenters. The van der Waals surface area contributed by atoms with E-state index < -0.39 is 0 Å². The molecule has 2 N–H and O–H groups in total. The Morgan fingerprint density at radius 3 is 2.78 bits per heavy atom. The van der Waals surface area contributed by atoms with Crippen LogP contribution < -0.4 is 15.4 Å². The summed E-state index contributed by atoms with van der Waals surface area (Å²) in [6.45, 7) is 4.30. The fraction of sp³-hybridized carbons (Fsp3) is 0.412. The number of urea groups is 1. The molecule has 2 aromatic rings. The number of hydrogen-bond acceptors (Lipinski definition) is 3. The van der Waals surface area contributed by atoms with E-state index in [4.69, 9.17) is 4.74 Å². The van der Waals surface area contributed by atoms with Crippen LogP contribution in [-0.2, 0) is 6.54 Å². The lowest BCUT2D eigenvalue weighted by atomic mass is 10.3. The fourth-order valence-electron chi connectivity index (χ4n) is 2.03. The summed E-state index contributed by atoms with van der Waals surface area (Å²) in [6, 6.07) is 7.21. The van der Waals surface area contributed by atoms with Crippen molar-refractivity contribution in [3.8, 4) is 5.75 Å². The summed E-state index contributed by atoms with van der Waals surface area (Å²) < 4.78 is 7.57. The Balaban J connectivity index is 1.64. The van der Waals surface area contributed by atoms with Crippen LogP contribution in [-0.4, -0.2) is 28.7 Å². The highest BCUT2D eigenvalue weighted by molar-refractivity contribution is 5.89. The Labute approximate surface area is 136 Å². The third-order valence-corrected chi connectivity index (χ3v) is 3.32. The maximum Gasteiger partial charge on any atom is 0.319 e. The number of aromatic nitrogens is 2. The molecular weight excluding hydrogens is 292 g/mol. The van der Waals surface area contributed by atoms with Crippen molar-refractivity contribution in [2.24, 2.45) is 0 Å². The first-order valence-corrected chi connectivity index (χ1v) is 8.01. The summed E-state index contributed by atoms with van der Waals surface area (Å²) in [6.07, 6.45) is 8.43. The molecule has 1 aromatic heterocycles. The third kappa shape index (κ3) is 6.42. The maximum absolute atomic E-state index is 11.8. The van der Waals surface area contributed by atoms with E-state index in [-0.39, 0.29) is 6.03 Å². The second kappa shape index (κ2) is 9.50. The average molecular weight is 316 g/mol. The quantitative estimate of drug-likeness (QED) is 0.698. The van der Waals surface area contributed by atoms with Gasteiger partial charge in [0.05, 0.1) is 12.9 Å². The van der Waals surface area contributed by atoms with Gasteiger partial charge in [0.1, 0.15) is 5.75 Å². The first kappa shape index (κ1) is 16.9. The van der Waals surface area contributed by atoms with Crippen LogP contribution in [0.5, 0.6) is 5.75 Å². The second-order valence-corrected chi connectivity index (χ2v) is 5.26. The zero-order chi connectivity index (χ0) is 16.3. The summed E-state index contributed by atoms with van der Waals surface area (Å²) in [5.74, 6) is 0.824. The third-order valence-electron chi connectivity index (χ3n) is 3.32. The highest BCUT2D eigenvalue weighted by Gasteiger charge is 2.01. The Morgan fingerprint density at radius 1 is 1.26 bits per heavy atom. The SMILES string of the molecule is CCCCOc1ccc(NC(=O)NCCCn2ccnc2)cc1. The van der Waals surface area contributed by atoms with Crippen molar-refractivity contribution in [1.29, 1.82) is 0 Å². The number of hydrogen-bond donors (Lipinski definition) is 2. The van der Waals surface area contributed by atoms with E-state index in [2.05, 4.69) is 22.5 Å². The van der Waals surface area contributed by atoms with Crippen LogP contribution in [0.25, 0.3) is 0 Å². The molecule has 1 aromatic carbocycles. The minimum Gasteiger partial charge on any atom is -0.494 e. The predicted molar refractivity (Wildman–Crippen MR) is 90.7 cm³/mol. The number of amides is 2. The molecular formula is C17H24N4O2. The number of unbranched alkanes of at least 4 members (excludes halogenated alkanes) is 1. The smallest absolute Gasteiger partial charge is 0.319 e. The molecule has 0 aliphatic rings. The van der Waals surface area contributed by atoms with Gasteiger partial charge >= 0.3 is 6.03 Å². The summed E-state index contributed by atoms with van der Waals surface area (Å²) in [5.41, 5.74) is 0.750. The summed E-state index contributed by atoms with van der Waals surface area (Å²) in [7, 11) is 0. The molecule has 0 atom stereocenters. The predicted octanol–water partition coefficient (Wildman–Crippen LogP) is 3.27. The van der Waals surface area contributed by atoms with Crippen molar-refractivity contribution in [3.63, 3.8) is 0 Å². The van der Waals surface area contributed by atoms with E-state index in [0.717, 1.165) is 43.9 Å². The van der Waals surface area contributed by atoms with Gasteiger partial charge in [-0.2, -0.15) is 0 Å². The molecule has 1 heterocycles. The van der Waals surface area contributed by atoms with E-state index in [1.54, 1.807) is 12.5 Å². The van der Waals surface area contributed by atoms with Gasteiger partial charge in [-0.05, 0) is 37.1 Å². The van der Waals surface area contributed by atoms with Crippen LogP contribution in [0.3, 0.4) is 0 Å². The molecule has 0 aliphatic heterocycles. The minimum absolute atomic E-state index is 0.199. The van der Waals surface area contributed by atoms with Crippen LogP contribution in [0.15, 0.2) is 43.0 Å². The number of nitrogens with zero attached hydrogens (tertiary/aromatic N) is 2. The topological polar surface area (TPSA) is 68.2 Å². The zero-order valence-corrected chi connectivity index (χ0v) is 13.5. The molecule has 0 aliphatic carbocycles. The number of ether oxygens (including phenoxy) is 1. The lowest BCUT2D eigenvalue weighted by Crippen LogP contribution is -2.29. The summed E-state index contributed by atoms with van der Waals surface area (Å²) in [4.78, 5) is 15.8. The molecule has 23 heavy (non-hydrogen) atoms. The van der Waals surface area contributed by atoms with Crippen LogP contribution in [0.2, 0.25) is 0 Å². The van der Waals surface area contributed by atoms with Gasteiger partial charge in [0.2, 0.25) is 0 Å². The van der Waals surface area contributed by atoms with Gasteiger partial charge in [-0.1, -0.05) is 13.3 Å². The first-order chi connectivity index (χ1) is 11.3. The molecule has 2 rings (SSSR count). The molecule has 0 radical (unpaired) electrons. The molecule has 2 amide bonds. The van der Waals surface area contributed by atoms with Gasteiger partial charge in [-0.15, -0.1) is 0 Å². The van der Waals surface area contributed by atoms with Crippen molar-refractivity contribution in [2.45, 2.75) is 32.7 Å². The monoisotopic (exact) mass is 316 g/mol. The van der Waals surface area contributed by atoms with Gasteiger partial charge in [0.15, 0.2) is 0 Å². The zero-order valence-electron chi connectivity index (χ0n) is 13.5. The Kier molecular flexibility index (Phi) is 6.97. The molecule has 6 heteroatoms. The van der Waals surface area contributed by atoms with Crippen molar-refractivity contribution in [3.05, 3.63) is 43.0 Å². The van der Waals surface area contributed by atoms with Gasteiger partial charge in [0, 0.05) is 31.2 Å². The highest BCUT2D eigenvalue weighted by atomic mass is 16.5. The summed E-state index contributed by atoms with van der Waals surface area (Å²) >= 11 is 0. The Hall–Kier alpha value is -2.50. The average Bonchev–Trinajstić information content (AvgIpc) is 3.07. The van der Waals surface area contributed by atoms with E-state index >= 15 is 0 Å². The number of carbonyl (C=O) groups excluding carboxylic acids is 1. The van der Waals surface area contributed by atoms with Gasteiger partial charge in [0.25, 0.3) is 0 Å². The van der Waals surface area contributed by atoms with E-state index in [0.29, 0.717) is 6.54 Å². The minimum atomic E-state index is -0.199. The standard InChI is InChI=1S/C17H24N4O2/c1-2-3-13-23-16-7-5-15(6-8-16)20-17(22)19-9-4-11-21-12-10-18-14-21/h5-8,10,12,14H,2-4,9,11,13H2,1H3,(H2,19,20,22). The van der Waals surface area contributed by atoms with Gasteiger partial charge < -0.3 is 19.9 Å². The summed E-state index contributed by atoms with van der Waals surface area (Å²) in [5, 5.41) is 5.64. The van der Waals surface area contributed by atoms with Gasteiger partial charge in [-0.3, -0.25) is 0 Å². The number of imidazole rings is 1. The number of anilines is 1. The molecule has 0 fully saturated rings. The van der Waals surface area contributed by atoms with Crippen LogP contribution >= 0.6 is 0 Å². The first-order valence-electron chi connectivity index (χ1n) is 8.01. The Morgan fingerprint density at radius 2 is 2.09 bits per heavy atom. The number of nitrogens with one attached hydrogen (secondary N) is 2. The van der Waals surface area contributed by atoms with Crippen LogP contribution in [0.1, 0.15) is 26.2 Å². The molecule has 0 spiro atoms.